The van der Waals surface area contributed by atoms with Crippen molar-refractivity contribution in [1.29, 1.82) is 0 Å². The van der Waals surface area contributed by atoms with E-state index >= 15 is 0 Å². The van der Waals surface area contributed by atoms with Gasteiger partial charge < -0.3 is 15.4 Å². The number of alkyl carbamates (subject to hydrolysis) is 1. The van der Waals surface area contributed by atoms with E-state index in [0.29, 0.717) is 6.54 Å². The maximum absolute atomic E-state index is 11.6. The summed E-state index contributed by atoms with van der Waals surface area (Å²) in [5, 5.41) is 6.49. The van der Waals surface area contributed by atoms with Crippen molar-refractivity contribution in [1.82, 2.24) is 10.6 Å². The molecule has 1 heterocycles. The Kier molecular flexibility index (Phi) is 3.34. The number of ether oxygens (including phenoxy) is 1. The van der Waals surface area contributed by atoms with E-state index in [1.807, 2.05) is 20.8 Å². The van der Waals surface area contributed by atoms with Crippen LogP contribution < -0.4 is 10.6 Å². The maximum atomic E-state index is 11.6. The van der Waals surface area contributed by atoms with Gasteiger partial charge in [0.1, 0.15) is 5.60 Å². The standard InChI is InChI=1S/C13H24N2O2/c1-12(2,3)17-11(16)14-9-13-7-6-10(13)5-4-8-15-13/h10,15H,4-9H2,1-3H3,(H,14,16). The molecular weight excluding hydrogens is 216 g/mol. The van der Waals surface area contributed by atoms with Gasteiger partial charge in [0.15, 0.2) is 0 Å². The van der Waals surface area contributed by atoms with E-state index in [9.17, 15) is 4.79 Å². The third-order valence-electron chi connectivity index (χ3n) is 3.87. The van der Waals surface area contributed by atoms with Crippen molar-refractivity contribution in [3.05, 3.63) is 0 Å². The fourth-order valence-corrected chi connectivity index (χ4v) is 2.88. The fraction of sp³-hybridized carbons (Fsp3) is 0.923. The van der Waals surface area contributed by atoms with Gasteiger partial charge in [0.05, 0.1) is 0 Å². The largest absolute Gasteiger partial charge is 0.444 e. The highest BCUT2D eigenvalue weighted by atomic mass is 16.6. The number of amides is 1. The molecule has 2 N–H and O–H groups in total. The SMILES string of the molecule is CC(C)(C)OC(=O)NCC12CCC1CCCN2. The van der Waals surface area contributed by atoms with Crippen molar-refractivity contribution in [2.75, 3.05) is 13.1 Å². The highest BCUT2D eigenvalue weighted by Crippen LogP contribution is 2.43. The first-order chi connectivity index (χ1) is 7.91. The molecule has 0 spiro atoms. The molecular formula is C13H24N2O2. The zero-order valence-corrected chi connectivity index (χ0v) is 11.1. The van der Waals surface area contributed by atoms with Crippen LogP contribution in [0.1, 0.15) is 46.5 Å². The second kappa shape index (κ2) is 4.48. The van der Waals surface area contributed by atoms with E-state index in [1.54, 1.807) is 0 Å². The van der Waals surface area contributed by atoms with E-state index in [4.69, 9.17) is 4.74 Å². The molecule has 2 aliphatic rings. The summed E-state index contributed by atoms with van der Waals surface area (Å²) in [6.45, 7) is 7.43. The summed E-state index contributed by atoms with van der Waals surface area (Å²) in [4.78, 5) is 11.6. The quantitative estimate of drug-likeness (QED) is 0.776. The van der Waals surface area contributed by atoms with Crippen LogP contribution in [0.2, 0.25) is 0 Å². The molecule has 2 atom stereocenters. The first-order valence-electron chi connectivity index (χ1n) is 6.63. The van der Waals surface area contributed by atoms with Gasteiger partial charge in [-0.3, -0.25) is 0 Å². The number of hydrogen-bond acceptors (Lipinski definition) is 3. The predicted molar refractivity (Wildman–Crippen MR) is 66.9 cm³/mol. The van der Waals surface area contributed by atoms with Gasteiger partial charge in [0, 0.05) is 12.1 Å². The van der Waals surface area contributed by atoms with Crippen molar-refractivity contribution >= 4 is 6.09 Å². The van der Waals surface area contributed by atoms with Crippen molar-refractivity contribution in [3.8, 4) is 0 Å². The van der Waals surface area contributed by atoms with Crippen LogP contribution in [0.25, 0.3) is 0 Å². The lowest BCUT2D eigenvalue weighted by Crippen LogP contribution is -2.66. The van der Waals surface area contributed by atoms with Crippen LogP contribution in [-0.2, 0) is 4.74 Å². The van der Waals surface area contributed by atoms with Crippen molar-refractivity contribution < 1.29 is 9.53 Å². The average molecular weight is 240 g/mol. The third kappa shape index (κ3) is 2.92. The lowest BCUT2D eigenvalue weighted by Gasteiger charge is -2.53. The maximum Gasteiger partial charge on any atom is 0.407 e. The molecule has 98 valence electrons. The molecule has 17 heavy (non-hydrogen) atoms. The second-order valence-electron chi connectivity index (χ2n) is 6.32. The van der Waals surface area contributed by atoms with Crippen LogP contribution in [0.5, 0.6) is 0 Å². The van der Waals surface area contributed by atoms with Gasteiger partial charge >= 0.3 is 6.09 Å². The normalized spacial score (nSPS) is 32.3. The fourth-order valence-electron chi connectivity index (χ4n) is 2.88. The molecule has 1 saturated heterocycles. The number of piperidine rings is 1. The molecule has 4 nitrogen and oxygen atoms in total. The van der Waals surface area contributed by atoms with Crippen LogP contribution in [0.3, 0.4) is 0 Å². The Bertz CT molecular complexity index is 298. The molecule has 0 aromatic rings. The Labute approximate surface area is 103 Å². The molecule has 4 heteroatoms. The Balaban J connectivity index is 1.80. The highest BCUT2D eigenvalue weighted by Gasteiger charge is 2.47. The second-order valence-corrected chi connectivity index (χ2v) is 6.32. The number of carbonyl (C=O) groups is 1. The van der Waals surface area contributed by atoms with Gasteiger partial charge in [0.2, 0.25) is 0 Å². The Morgan fingerprint density at radius 3 is 2.76 bits per heavy atom. The third-order valence-corrected chi connectivity index (χ3v) is 3.87. The lowest BCUT2D eigenvalue weighted by molar-refractivity contribution is 0.0291. The summed E-state index contributed by atoms with van der Waals surface area (Å²) in [7, 11) is 0. The van der Waals surface area contributed by atoms with Crippen LogP contribution in [-0.4, -0.2) is 30.3 Å². The van der Waals surface area contributed by atoms with E-state index in [2.05, 4.69) is 10.6 Å². The van der Waals surface area contributed by atoms with Gasteiger partial charge in [-0.2, -0.15) is 0 Å². The van der Waals surface area contributed by atoms with E-state index in [1.165, 1.54) is 25.7 Å². The number of fused-ring (bicyclic) bond motifs is 1. The summed E-state index contributed by atoms with van der Waals surface area (Å²) in [5.41, 5.74) is -0.254. The summed E-state index contributed by atoms with van der Waals surface area (Å²) in [5.74, 6) is 0.742. The van der Waals surface area contributed by atoms with Gasteiger partial charge in [-0.15, -0.1) is 0 Å². The Morgan fingerprint density at radius 1 is 1.47 bits per heavy atom. The van der Waals surface area contributed by atoms with E-state index in [-0.39, 0.29) is 11.6 Å². The summed E-state index contributed by atoms with van der Waals surface area (Å²) in [6, 6.07) is 0. The molecule has 1 amide bonds. The molecule has 0 aromatic carbocycles. The van der Waals surface area contributed by atoms with Crippen LogP contribution in [0, 0.1) is 5.92 Å². The Morgan fingerprint density at radius 2 is 2.24 bits per heavy atom. The summed E-state index contributed by atoms with van der Waals surface area (Å²) in [6.07, 6.45) is 4.73. The average Bonchev–Trinajstić information content (AvgIpc) is 2.16. The minimum atomic E-state index is -0.416. The smallest absolute Gasteiger partial charge is 0.407 e. The van der Waals surface area contributed by atoms with Crippen LogP contribution >= 0.6 is 0 Å². The molecule has 2 unspecified atom stereocenters. The molecule has 1 saturated carbocycles. The Hall–Kier alpha value is -0.770. The molecule has 0 bridgehead atoms. The minimum Gasteiger partial charge on any atom is -0.444 e. The summed E-state index contributed by atoms with van der Waals surface area (Å²) >= 11 is 0. The van der Waals surface area contributed by atoms with E-state index < -0.39 is 5.60 Å². The van der Waals surface area contributed by atoms with Crippen LogP contribution in [0.15, 0.2) is 0 Å². The number of hydrogen-bond donors (Lipinski definition) is 2. The molecule has 2 fully saturated rings. The van der Waals surface area contributed by atoms with Gasteiger partial charge in [-0.25, -0.2) is 4.79 Å². The van der Waals surface area contributed by atoms with Crippen LogP contribution in [0.4, 0.5) is 4.79 Å². The predicted octanol–water partition coefficient (Wildman–Crippen LogP) is 2.04. The number of rotatable bonds is 2. The van der Waals surface area contributed by atoms with E-state index in [0.717, 1.165) is 12.5 Å². The van der Waals surface area contributed by atoms with Crippen molar-refractivity contribution in [3.63, 3.8) is 0 Å². The summed E-state index contributed by atoms with van der Waals surface area (Å²) < 4.78 is 5.26. The lowest BCUT2D eigenvalue weighted by atomic mass is 9.63. The van der Waals surface area contributed by atoms with Crippen molar-refractivity contribution in [2.45, 2.75) is 57.6 Å². The topological polar surface area (TPSA) is 50.4 Å². The van der Waals surface area contributed by atoms with Crippen molar-refractivity contribution in [2.24, 2.45) is 5.92 Å². The monoisotopic (exact) mass is 240 g/mol. The van der Waals surface area contributed by atoms with Gasteiger partial charge in [-0.1, -0.05) is 0 Å². The highest BCUT2D eigenvalue weighted by molar-refractivity contribution is 5.67. The first-order valence-corrected chi connectivity index (χ1v) is 6.63. The number of nitrogens with one attached hydrogen (secondary N) is 2. The number of carbonyl (C=O) groups excluding carboxylic acids is 1. The molecule has 0 radical (unpaired) electrons. The van der Waals surface area contributed by atoms with Gasteiger partial charge in [0.25, 0.3) is 0 Å². The molecule has 0 aromatic heterocycles. The zero-order chi connectivity index (χ0) is 12.5. The van der Waals surface area contributed by atoms with Gasteiger partial charge in [-0.05, 0) is 58.9 Å². The zero-order valence-electron chi connectivity index (χ0n) is 11.1. The molecule has 1 aliphatic carbocycles. The minimum absolute atomic E-state index is 0.162. The molecule has 2 rings (SSSR count). The first kappa shape index (κ1) is 12.7. The molecule has 1 aliphatic heterocycles.